The average molecular weight is 328 g/mol. The Bertz CT molecular complexity index is 861. The zero-order chi connectivity index (χ0) is 16.4. The second kappa shape index (κ2) is 6.37. The molecule has 0 spiro atoms. The third-order valence-corrected chi connectivity index (χ3v) is 4.43. The highest BCUT2D eigenvalue weighted by atomic mass is 31.1. The highest BCUT2D eigenvalue weighted by molar-refractivity contribution is 7.51. The Morgan fingerprint density at radius 2 is 1.17 bits per heavy atom. The van der Waals surface area contributed by atoms with Gasteiger partial charge in [0.15, 0.2) is 0 Å². The van der Waals surface area contributed by atoms with E-state index in [0.717, 1.165) is 16.7 Å². The molecule has 1 atom stereocenters. The van der Waals surface area contributed by atoms with Crippen LogP contribution in [0.1, 0.15) is 0 Å². The van der Waals surface area contributed by atoms with Crippen LogP contribution in [0.4, 0.5) is 8.78 Å². The maximum Gasteiger partial charge on any atom is 0.469 e. The predicted molar refractivity (Wildman–Crippen MR) is 88.7 cm³/mol. The summed E-state index contributed by atoms with van der Waals surface area (Å²) in [5.74, 6) is -0.656. The van der Waals surface area contributed by atoms with Gasteiger partial charge >= 0.3 is 7.95 Å². The van der Waals surface area contributed by atoms with E-state index in [9.17, 15) is 13.3 Å². The molecule has 5 heteroatoms. The Morgan fingerprint density at radius 3 is 1.70 bits per heavy atom. The van der Waals surface area contributed by atoms with Crippen molar-refractivity contribution in [3.8, 4) is 22.3 Å². The molecule has 0 aliphatic heterocycles. The lowest BCUT2D eigenvalue weighted by Gasteiger charge is -2.07. The smallest absolute Gasteiger partial charge is 0.207 e. The molecule has 114 valence electrons. The van der Waals surface area contributed by atoms with Gasteiger partial charge in [-0.15, -0.1) is 5.50 Å². The van der Waals surface area contributed by atoms with Gasteiger partial charge in [0, 0.05) is 5.56 Å². The van der Waals surface area contributed by atoms with Gasteiger partial charge in [0.05, 0.1) is 0 Å². The van der Waals surface area contributed by atoms with Crippen LogP contribution in [0.2, 0.25) is 0 Å². The third kappa shape index (κ3) is 3.34. The van der Waals surface area contributed by atoms with E-state index in [1.165, 1.54) is 24.3 Å². The highest BCUT2D eigenvalue weighted by Gasteiger charge is 2.21. The summed E-state index contributed by atoms with van der Waals surface area (Å²) >= 11 is 0. The number of hydrogen-bond acceptors (Lipinski definition) is 1. The molecule has 0 heterocycles. The van der Waals surface area contributed by atoms with Crippen LogP contribution in [0, 0.1) is 11.6 Å². The van der Waals surface area contributed by atoms with Crippen LogP contribution in [0.25, 0.3) is 22.3 Å². The lowest BCUT2D eigenvalue weighted by Crippen LogP contribution is -2.06. The van der Waals surface area contributed by atoms with Crippen LogP contribution in [0.3, 0.4) is 0 Å². The molecule has 23 heavy (non-hydrogen) atoms. The summed E-state index contributed by atoms with van der Waals surface area (Å²) in [4.78, 5) is 0. The number of benzene rings is 3. The molecule has 1 unspecified atom stereocenters. The number of halogens is 2. The van der Waals surface area contributed by atoms with Crippen LogP contribution in [0.5, 0.6) is 0 Å². The first kappa shape index (κ1) is 15.5. The van der Waals surface area contributed by atoms with Crippen LogP contribution < -0.4 is 10.8 Å². The fraction of sp³-hybridized carbons (Fsp3) is 0. The Kier molecular flexibility index (Phi) is 4.28. The summed E-state index contributed by atoms with van der Waals surface area (Å²) in [5.41, 5.74) is 8.64. The van der Waals surface area contributed by atoms with Crippen molar-refractivity contribution in [3.05, 3.63) is 78.4 Å². The van der Waals surface area contributed by atoms with Gasteiger partial charge in [0.25, 0.3) is 0 Å². The van der Waals surface area contributed by atoms with Gasteiger partial charge in [-0.1, -0.05) is 24.3 Å². The van der Waals surface area contributed by atoms with E-state index in [1.807, 2.05) is 6.07 Å². The van der Waals surface area contributed by atoms with Gasteiger partial charge in [-0.3, -0.25) is 0 Å². The molecule has 2 nitrogen and oxygen atoms in total. The second-order valence-corrected chi connectivity index (χ2v) is 6.20. The van der Waals surface area contributed by atoms with Gasteiger partial charge in [-0.05, 0) is 63.7 Å². The quantitative estimate of drug-likeness (QED) is 0.713. The Morgan fingerprint density at radius 1 is 0.696 bits per heavy atom. The second-order valence-electron chi connectivity index (χ2n) is 5.07. The molecule has 0 saturated heterocycles. The van der Waals surface area contributed by atoms with E-state index in [0.29, 0.717) is 10.9 Å². The Hall–Kier alpha value is -2.42. The zero-order valence-corrected chi connectivity index (χ0v) is 12.9. The van der Waals surface area contributed by atoms with Crippen LogP contribution in [-0.2, 0) is 4.57 Å². The van der Waals surface area contributed by atoms with Gasteiger partial charge in [0.2, 0.25) is 5.30 Å². The van der Waals surface area contributed by atoms with Gasteiger partial charge < -0.3 is 0 Å². The van der Waals surface area contributed by atoms with Crippen molar-refractivity contribution >= 4 is 13.3 Å². The molecule has 0 bridgehead atoms. The minimum Gasteiger partial charge on any atom is -0.207 e. The minimum absolute atomic E-state index is 0.311. The third-order valence-electron chi connectivity index (χ3n) is 3.57. The van der Waals surface area contributed by atoms with Crippen LogP contribution >= 0.6 is 7.95 Å². The van der Waals surface area contributed by atoms with E-state index < -0.39 is 7.95 Å². The lowest BCUT2D eigenvalue weighted by atomic mass is 9.99. The molecular formula is C18H13F2NOP+. The topological polar surface area (TPSA) is 43.1 Å². The molecule has 0 aliphatic carbocycles. The first-order valence-electron chi connectivity index (χ1n) is 6.92. The predicted octanol–water partition coefficient (Wildman–Crippen LogP) is 4.63. The standard InChI is InChI=1S/C18H13F2NOP/c19-15-6-1-12(2-7-15)14-5-10-18(23(21)22)17(11-14)13-3-8-16(20)9-4-13/h1-11H,(H2,21,22)/q+1. The van der Waals surface area contributed by atoms with E-state index in [-0.39, 0.29) is 11.6 Å². The first-order valence-corrected chi connectivity index (χ1v) is 8.25. The fourth-order valence-corrected chi connectivity index (χ4v) is 3.06. The molecule has 3 aromatic rings. The van der Waals surface area contributed by atoms with Crippen molar-refractivity contribution in [1.29, 1.82) is 0 Å². The summed E-state index contributed by atoms with van der Waals surface area (Å²) in [6, 6.07) is 17.3. The lowest BCUT2D eigenvalue weighted by molar-refractivity contribution is 0.594. The van der Waals surface area contributed by atoms with Gasteiger partial charge in [0.1, 0.15) is 11.6 Å². The Balaban J connectivity index is 2.15. The molecule has 3 aromatic carbocycles. The molecule has 2 N–H and O–H groups in total. The molecule has 0 saturated carbocycles. The van der Waals surface area contributed by atoms with E-state index in [4.69, 9.17) is 5.50 Å². The zero-order valence-electron chi connectivity index (χ0n) is 12.0. The molecule has 0 amide bonds. The van der Waals surface area contributed by atoms with Crippen molar-refractivity contribution in [2.75, 3.05) is 0 Å². The highest BCUT2D eigenvalue weighted by Crippen LogP contribution is 2.29. The summed E-state index contributed by atoms with van der Waals surface area (Å²) < 4.78 is 38.0. The van der Waals surface area contributed by atoms with Gasteiger partial charge in [-0.25, -0.2) is 8.78 Å². The summed E-state index contributed by atoms with van der Waals surface area (Å²) in [7, 11) is -2.04. The maximum absolute atomic E-state index is 13.1. The fourth-order valence-electron chi connectivity index (χ4n) is 2.41. The van der Waals surface area contributed by atoms with E-state index in [1.54, 1.807) is 36.4 Å². The van der Waals surface area contributed by atoms with Crippen molar-refractivity contribution in [2.24, 2.45) is 5.50 Å². The average Bonchev–Trinajstić information content (AvgIpc) is 2.55. The number of hydrogen-bond donors (Lipinski definition) is 1. The van der Waals surface area contributed by atoms with E-state index in [2.05, 4.69) is 0 Å². The Labute approximate surface area is 133 Å². The van der Waals surface area contributed by atoms with Crippen molar-refractivity contribution < 1.29 is 13.3 Å². The molecule has 0 aliphatic rings. The summed E-state index contributed by atoms with van der Waals surface area (Å²) in [6.45, 7) is 0. The van der Waals surface area contributed by atoms with Crippen LogP contribution in [-0.4, -0.2) is 0 Å². The summed E-state index contributed by atoms with van der Waals surface area (Å²) in [6.07, 6.45) is 0. The number of rotatable bonds is 3. The van der Waals surface area contributed by atoms with E-state index >= 15 is 0 Å². The van der Waals surface area contributed by atoms with Crippen molar-refractivity contribution in [3.63, 3.8) is 0 Å². The van der Waals surface area contributed by atoms with Crippen molar-refractivity contribution in [1.82, 2.24) is 0 Å². The molecule has 0 fully saturated rings. The van der Waals surface area contributed by atoms with Crippen LogP contribution in [0.15, 0.2) is 66.7 Å². The monoisotopic (exact) mass is 328 g/mol. The largest absolute Gasteiger partial charge is 0.469 e. The maximum atomic E-state index is 13.1. The molecular weight excluding hydrogens is 315 g/mol. The minimum atomic E-state index is -2.04. The number of nitrogens with two attached hydrogens (primary N) is 1. The first-order chi connectivity index (χ1) is 11.0. The summed E-state index contributed by atoms with van der Waals surface area (Å²) in [5, 5.41) is 0.498. The molecule has 3 rings (SSSR count). The van der Waals surface area contributed by atoms with Crippen molar-refractivity contribution in [2.45, 2.75) is 0 Å². The SMILES string of the molecule is N[P+](=O)c1ccc(-c2ccc(F)cc2)cc1-c1ccc(F)cc1. The molecule has 0 radical (unpaired) electrons. The normalized spacial score (nSPS) is 11.3. The van der Waals surface area contributed by atoms with Gasteiger partial charge in [-0.2, -0.15) is 0 Å². The molecule has 0 aromatic heterocycles.